The summed E-state index contributed by atoms with van der Waals surface area (Å²) < 4.78 is 0. The smallest absolute Gasteiger partial charge is 0.326 e. The van der Waals surface area contributed by atoms with E-state index in [2.05, 4.69) is 27.7 Å². The van der Waals surface area contributed by atoms with Gasteiger partial charge in [0, 0.05) is 19.1 Å². The first kappa shape index (κ1) is 19.2. The molecule has 2 atom stereocenters. The molecule has 1 heterocycles. The van der Waals surface area contributed by atoms with Crippen LogP contribution in [0.25, 0.3) is 0 Å². The first-order chi connectivity index (χ1) is 11.9. The van der Waals surface area contributed by atoms with E-state index < -0.39 is 12.0 Å². The molecule has 2 amide bonds. The number of rotatable bonds is 7. The molecule has 0 radical (unpaired) electrons. The highest BCUT2D eigenvalue weighted by molar-refractivity contribution is 5.82. The molecular formula is C19H29N3O3. The predicted octanol–water partition coefficient (Wildman–Crippen LogP) is 2.45. The number of nitrogens with one attached hydrogen (secondary N) is 2. The largest absolute Gasteiger partial charge is 0.480 e. The highest BCUT2D eigenvalue weighted by atomic mass is 16.4. The van der Waals surface area contributed by atoms with Crippen molar-refractivity contribution in [3.8, 4) is 0 Å². The van der Waals surface area contributed by atoms with Gasteiger partial charge in [-0.15, -0.1) is 0 Å². The Morgan fingerprint density at radius 1 is 1.28 bits per heavy atom. The number of carboxylic acid groups (broad SMARTS) is 1. The molecule has 138 valence electrons. The molecule has 3 N–H and O–H groups in total. The van der Waals surface area contributed by atoms with Crippen LogP contribution in [-0.2, 0) is 11.3 Å². The van der Waals surface area contributed by atoms with Crippen molar-refractivity contribution in [2.45, 2.75) is 51.7 Å². The Hall–Kier alpha value is -2.08. The van der Waals surface area contributed by atoms with Gasteiger partial charge in [-0.25, -0.2) is 9.59 Å². The van der Waals surface area contributed by atoms with Crippen LogP contribution in [0.1, 0.15) is 38.7 Å². The summed E-state index contributed by atoms with van der Waals surface area (Å²) in [5.74, 6) is -0.782. The van der Waals surface area contributed by atoms with Gasteiger partial charge in [-0.05, 0) is 37.3 Å². The van der Waals surface area contributed by atoms with Gasteiger partial charge < -0.3 is 15.7 Å². The van der Waals surface area contributed by atoms with Crippen molar-refractivity contribution in [3.63, 3.8) is 0 Å². The molecule has 1 aliphatic heterocycles. The van der Waals surface area contributed by atoms with Crippen molar-refractivity contribution in [2.24, 2.45) is 5.92 Å². The second-order valence-electron chi connectivity index (χ2n) is 7.20. The van der Waals surface area contributed by atoms with E-state index in [1.165, 1.54) is 5.56 Å². The minimum Gasteiger partial charge on any atom is -0.480 e. The fourth-order valence-electron chi connectivity index (χ4n) is 3.24. The number of amides is 2. The number of carbonyl (C=O) groups excluding carboxylic acids is 1. The van der Waals surface area contributed by atoms with Crippen LogP contribution in [0.3, 0.4) is 0 Å². The molecule has 0 aromatic heterocycles. The molecule has 0 bridgehead atoms. The zero-order chi connectivity index (χ0) is 18.2. The van der Waals surface area contributed by atoms with Crippen LogP contribution in [0, 0.1) is 5.92 Å². The third kappa shape index (κ3) is 6.74. The second-order valence-corrected chi connectivity index (χ2v) is 7.20. The van der Waals surface area contributed by atoms with Crippen molar-refractivity contribution < 1.29 is 14.7 Å². The van der Waals surface area contributed by atoms with Crippen molar-refractivity contribution in [1.29, 1.82) is 0 Å². The second kappa shape index (κ2) is 9.42. The molecule has 1 fully saturated rings. The average Bonchev–Trinajstić information content (AvgIpc) is 2.55. The Morgan fingerprint density at radius 2 is 2.00 bits per heavy atom. The van der Waals surface area contributed by atoms with Crippen LogP contribution in [0.4, 0.5) is 4.79 Å². The first-order valence-corrected chi connectivity index (χ1v) is 9.00. The van der Waals surface area contributed by atoms with Crippen LogP contribution in [0.2, 0.25) is 0 Å². The molecule has 1 saturated heterocycles. The molecule has 2 rings (SSSR count). The summed E-state index contributed by atoms with van der Waals surface area (Å²) in [5.41, 5.74) is 1.26. The number of hydrogen-bond donors (Lipinski definition) is 3. The quantitative estimate of drug-likeness (QED) is 0.708. The maximum Gasteiger partial charge on any atom is 0.326 e. The number of carbonyl (C=O) groups is 2. The van der Waals surface area contributed by atoms with Gasteiger partial charge >= 0.3 is 12.0 Å². The molecule has 1 unspecified atom stereocenters. The zero-order valence-corrected chi connectivity index (χ0v) is 15.1. The third-order valence-corrected chi connectivity index (χ3v) is 4.40. The van der Waals surface area contributed by atoms with Gasteiger partial charge in [-0.3, -0.25) is 4.90 Å². The monoisotopic (exact) mass is 347 g/mol. The van der Waals surface area contributed by atoms with E-state index >= 15 is 0 Å². The lowest BCUT2D eigenvalue weighted by atomic mass is 10.0. The molecule has 6 heteroatoms. The van der Waals surface area contributed by atoms with Gasteiger partial charge in [0.25, 0.3) is 0 Å². The lowest BCUT2D eigenvalue weighted by molar-refractivity contribution is -0.139. The number of benzene rings is 1. The minimum absolute atomic E-state index is 0.0472. The molecule has 25 heavy (non-hydrogen) atoms. The molecule has 1 aromatic carbocycles. The van der Waals surface area contributed by atoms with E-state index in [-0.39, 0.29) is 18.0 Å². The van der Waals surface area contributed by atoms with Gasteiger partial charge in [-0.1, -0.05) is 44.2 Å². The summed E-state index contributed by atoms with van der Waals surface area (Å²) in [7, 11) is 0. The average molecular weight is 347 g/mol. The SMILES string of the molecule is CC(C)C[C@H](NC(=O)NC1CCCN(Cc2ccccc2)C1)C(=O)O. The maximum absolute atomic E-state index is 12.2. The van der Waals surface area contributed by atoms with Crippen molar-refractivity contribution >= 4 is 12.0 Å². The summed E-state index contributed by atoms with van der Waals surface area (Å²) in [5, 5.41) is 14.8. The Kier molecular flexibility index (Phi) is 7.25. The van der Waals surface area contributed by atoms with Gasteiger partial charge in [0.05, 0.1) is 0 Å². The number of nitrogens with zero attached hydrogens (tertiary/aromatic N) is 1. The van der Waals surface area contributed by atoms with Gasteiger partial charge in [0.15, 0.2) is 0 Å². The van der Waals surface area contributed by atoms with E-state index in [9.17, 15) is 14.7 Å². The molecular weight excluding hydrogens is 318 g/mol. The summed E-state index contributed by atoms with van der Waals surface area (Å²) in [6, 6.07) is 9.09. The lowest BCUT2D eigenvalue weighted by Crippen LogP contribution is -2.53. The highest BCUT2D eigenvalue weighted by Crippen LogP contribution is 2.14. The number of urea groups is 1. The fraction of sp³-hybridized carbons (Fsp3) is 0.579. The van der Waals surface area contributed by atoms with Crippen molar-refractivity contribution in [2.75, 3.05) is 13.1 Å². The Labute approximate surface area is 149 Å². The van der Waals surface area contributed by atoms with Crippen LogP contribution in [0.5, 0.6) is 0 Å². The lowest BCUT2D eigenvalue weighted by Gasteiger charge is -2.33. The van der Waals surface area contributed by atoms with E-state index in [4.69, 9.17) is 0 Å². The first-order valence-electron chi connectivity index (χ1n) is 9.00. The van der Waals surface area contributed by atoms with Crippen molar-refractivity contribution in [1.82, 2.24) is 15.5 Å². The van der Waals surface area contributed by atoms with Crippen LogP contribution in [-0.4, -0.2) is 47.2 Å². The third-order valence-electron chi connectivity index (χ3n) is 4.40. The van der Waals surface area contributed by atoms with Crippen LogP contribution >= 0.6 is 0 Å². The van der Waals surface area contributed by atoms with Gasteiger partial charge in [0.1, 0.15) is 6.04 Å². The summed E-state index contributed by atoms with van der Waals surface area (Å²) in [4.78, 5) is 25.8. The van der Waals surface area contributed by atoms with Crippen LogP contribution < -0.4 is 10.6 Å². The molecule has 6 nitrogen and oxygen atoms in total. The Morgan fingerprint density at radius 3 is 2.64 bits per heavy atom. The fourth-order valence-corrected chi connectivity index (χ4v) is 3.24. The van der Waals surface area contributed by atoms with E-state index in [0.29, 0.717) is 6.42 Å². The number of carboxylic acids is 1. The zero-order valence-electron chi connectivity index (χ0n) is 15.1. The summed E-state index contributed by atoms with van der Waals surface area (Å²) in [6.45, 7) is 6.55. The number of piperidine rings is 1. The Balaban J connectivity index is 1.82. The topological polar surface area (TPSA) is 81.7 Å². The minimum atomic E-state index is -0.988. The highest BCUT2D eigenvalue weighted by Gasteiger charge is 2.25. The van der Waals surface area contributed by atoms with E-state index in [1.54, 1.807) is 0 Å². The van der Waals surface area contributed by atoms with E-state index in [1.807, 2.05) is 32.0 Å². The maximum atomic E-state index is 12.2. The number of aliphatic carboxylic acids is 1. The molecule has 0 saturated carbocycles. The molecule has 1 aromatic rings. The number of hydrogen-bond acceptors (Lipinski definition) is 3. The van der Waals surface area contributed by atoms with Gasteiger partial charge in [0.2, 0.25) is 0 Å². The summed E-state index contributed by atoms with van der Waals surface area (Å²) in [6.07, 6.45) is 2.36. The predicted molar refractivity (Wildman–Crippen MR) is 97.3 cm³/mol. The standard InChI is InChI=1S/C19H29N3O3/c1-14(2)11-17(18(23)24)21-19(25)20-16-9-6-10-22(13-16)12-15-7-4-3-5-8-15/h3-5,7-8,14,16-17H,6,9-13H2,1-2H3,(H,23,24)(H2,20,21,25)/t16?,17-/m0/s1. The van der Waals surface area contributed by atoms with E-state index in [0.717, 1.165) is 32.5 Å². The molecule has 0 spiro atoms. The van der Waals surface area contributed by atoms with Crippen molar-refractivity contribution in [3.05, 3.63) is 35.9 Å². The summed E-state index contributed by atoms with van der Waals surface area (Å²) >= 11 is 0. The normalized spacial score (nSPS) is 19.4. The van der Waals surface area contributed by atoms with Gasteiger partial charge in [-0.2, -0.15) is 0 Å². The Bertz CT molecular complexity index is 562. The molecule has 0 aliphatic carbocycles. The van der Waals surface area contributed by atoms with Crippen LogP contribution in [0.15, 0.2) is 30.3 Å². The molecule has 1 aliphatic rings. The number of likely N-dealkylation sites (tertiary alicyclic amines) is 1.